The molecule has 1 atom stereocenters. The zero-order valence-electron chi connectivity index (χ0n) is 22.6. The molecular formula is C29H32N6O4S2. The van der Waals surface area contributed by atoms with Crippen LogP contribution in [0.2, 0.25) is 0 Å². The SMILES string of the molecule is O=C(NC1CCCC1)[C@@H](c1cccs1)N(C(=O)Cn1nnc2ccccc21)c1ccc(S(=O)(=O)N2CCCC2)cc1. The van der Waals surface area contributed by atoms with Crippen molar-refractivity contribution in [1.82, 2.24) is 24.6 Å². The number of aromatic nitrogens is 3. The molecule has 41 heavy (non-hydrogen) atoms. The second-order valence-corrected chi connectivity index (χ2v) is 13.4. The van der Waals surface area contributed by atoms with Crippen molar-refractivity contribution in [3.05, 3.63) is 70.9 Å². The molecule has 2 aromatic carbocycles. The minimum atomic E-state index is -3.63. The van der Waals surface area contributed by atoms with E-state index in [1.807, 2.05) is 41.8 Å². The van der Waals surface area contributed by atoms with Crippen molar-refractivity contribution in [3.8, 4) is 0 Å². The fraction of sp³-hybridized carbons (Fsp3) is 0.379. The smallest absolute Gasteiger partial charge is 0.249 e. The quantitative estimate of drug-likeness (QED) is 0.313. The number of amides is 2. The van der Waals surface area contributed by atoms with Crippen LogP contribution in [0.1, 0.15) is 49.4 Å². The zero-order chi connectivity index (χ0) is 28.4. The predicted molar refractivity (Wildman–Crippen MR) is 157 cm³/mol. The molecule has 2 aromatic heterocycles. The molecule has 0 unspecified atom stereocenters. The number of para-hydroxylation sites is 1. The topological polar surface area (TPSA) is 117 Å². The van der Waals surface area contributed by atoms with Crippen LogP contribution in [0, 0.1) is 0 Å². The number of thiophene rings is 1. The number of nitrogens with zero attached hydrogens (tertiary/aromatic N) is 5. The van der Waals surface area contributed by atoms with E-state index < -0.39 is 16.1 Å². The van der Waals surface area contributed by atoms with E-state index in [-0.39, 0.29) is 29.3 Å². The molecule has 12 heteroatoms. The van der Waals surface area contributed by atoms with E-state index in [1.165, 1.54) is 37.4 Å². The lowest BCUT2D eigenvalue weighted by Crippen LogP contribution is -2.47. The van der Waals surface area contributed by atoms with Crippen LogP contribution in [0.5, 0.6) is 0 Å². The summed E-state index contributed by atoms with van der Waals surface area (Å²) in [6.45, 7) is 0.859. The van der Waals surface area contributed by atoms with Gasteiger partial charge in [0.05, 0.1) is 10.4 Å². The van der Waals surface area contributed by atoms with E-state index in [9.17, 15) is 18.0 Å². The number of carbonyl (C=O) groups is 2. The second kappa shape index (κ2) is 11.7. The highest BCUT2D eigenvalue weighted by Crippen LogP contribution is 2.33. The molecule has 2 amide bonds. The summed E-state index contributed by atoms with van der Waals surface area (Å²) in [7, 11) is -3.63. The molecule has 1 saturated heterocycles. The number of sulfonamides is 1. The molecular weight excluding hydrogens is 560 g/mol. The molecule has 3 heterocycles. The van der Waals surface area contributed by atoms with Gasteiger partial charge >= 0.3 is 0 Å². The lowest BCUT2D eigenvalue weighted by molar-refractivity contribution is -0.127. The van der Waals surface area contributed by atoms with Gasteiger partial charge in [0.25, 0.3) is 0 Å². The lowest BCUT2D eigenvalue weighted by atomic mass is 10.1. The molecule has 214 valence electrons. The van der Waals surface area contributed by atoms with Gasteiger partial charge in [0, 0.05) is 29.7 Å². The first-order chi connectivity index (χ1) is 19.9. The molecule has 1 aliphatic heterocycles. The van der Waals surface area contributed by atoms with Crippen LogP contribution in [-0.4, -0.2) is 58.7 Å². The summed E-state index contributed by atoms with van der Waals surface area (Å²) >= 11 is 1.40. The van der Waals surface area contributed by atoms with Gasteiger partial charge < -0.3 is 5.32 Å². The molecule has 1 saturated carbocycles. The Morgan fingerprint density at radius 3 is 2.41 bits per heavy atom. The standard InChI is InChI=1S/C29H32N6O4S2/c36-27(20-34-25-11-4-3-10-24(25)31-32-34)35(22-13-15-23(16-14-22)41(38,39)33-17-5-6-18-33)28(26-12-7-19-40-26)29(37)30-21-8-1-2-9-21/h3-4,7,10-16,19,21,28H,1-2,5-6,8-9,17-18,20H2,(H,30,37)/t28-/m1/s1. The minimum Gasteiger partial charge on any atom is -0.351 e. The Labute approximate surface area is 243 Å². The fourth-order valence-electron chi connectivity index (χ4n) is 5.70. The fourth-order valence-corrected chi connectivity index (χ4v) is 8.03. The summed E-state index contributed by atoms with van der Waals surface area (Å²) in [6.07, 6.45) is 5.62. The Morgan fingerprint density at radius 1 is 0.976 bits per heavy atom. The molecule has 2 aliphatic rings. The van der Waals surface area contributed by atoms with Crippen molar-refractivity contribution in [2.24, 2.45) is 0 Å². The van der Waals surface area contributed by atoms with E-state index in [4.69, 9.17) is 0 Å². The maximum Gasteiger partial charge on any atom is 0.249 e. The van der Waals surface area contributed by atoms with Crippen LogP contribution < -0.4 is 10.2 Å². The van der Waals surface area contributed by atoms with Gasteiger partial charge in [-0.1, -0.05) is 36.3 Å². The molecule has 0 bridgehead atoms. The predicted octanol–water partition coefficient (Wildman–Crippen LogP) is 4.11. The monoisotopic (exact) mass is 592 g/mol. The first-order valence-electron chi connectivity index (χ1n) is 14.0. The van der Waals surface area contributed by atoms with Crippen molar-refractivity contribution in [3.63, 3.8) is 0 Å². The van der Waals surface area contributed by atoms with Crippen LogP contribution in [0.25, 0.3) is 11.0 Å². The highest BCUT2D eigenvalue weighted by Gasteiger charge is 2.36. The summed E-state index contributed by atoms with van der Waals surface area (Å²) in [4.78, 5) is 30.4. The van der Waals surface area contributed by atoms with Crippen LogP contribution in [-0.2, 0) is 26.2 Å². The van der Waals surface area contributed by atoms with Gasteiger partial charge in [0.1, 0.15) is 18.1 Å². The number of anilines is 1. The third-order valence-electron chi connectivity index (χ3n) is 7.81. The Bertz CT molecular complexity index is 1620. The number of benzene rings is 2. The summed E-state index contributed by atoms with van der Waals surface area (Å²) in [5.41, 5.74) is 1.80. The number of rotatable bonds is 9. The largest absolute Gasteiger partial charge is 0.351 e. The van der Waals surface area contributed by atoms with E-state index in [1.54, 1.807) is 12.1 Å². The minimum absolute atomic E-state index is 0.0640. The number of fused-ring (bicyclic) bond motifs is 1. The first-order valence-corrected chi connectivity index (χ1v) is 16.3. The third-order valence-corrected chi connectivity index (χ3v) is 10.7. The molecule has 4 aromatic rings. The van der Waals surface area contributed by atoms with E-state index >= 15 is 0 Å². The van der Waals surface area contributed by atoms with Gasteiger partial charge in [-0.2, -0.15) is 4.31 Å². The number of hydrogen-bond donors (Lipinski definition) is 1. The summed E-state index contributed by atoms with van der Waals surface area (Å²) < 4.78 is 29.4. The average molecular weight is 593 g/mol. The Morgan fingerprint density at radius 2 is 1.71 bits per heavy atom. The molecule has 2 fully saturated rings. The number of hydrogen-bond acceptors (Lipinski definition) is 7. The van der Waals surface area contributed by atoms with E-state index in [2.05, 4.69) is 15.6 Å². The van der Waals surface area contributed by atoms with Crippen molar-refractivity contribution >= 4 is 49.9 Å². The molecule has 6 rings (SSSR count). The maximum absolute atomic E-state index is 14.2. The molecule has 1 aliphatic carbocycles. The van der Waals surface area contributed by atoms with Gasteiger partial charge in [-0.25, -0.2) is 13.1 Å². The van der Waals surface area contributed by atoms with Crippen molar-refractivity contribution in [1.29, 1.82) is 0 Å². The average Bonchev–Trinajstić information content (AvgIpc) is 3.80. The highest BCUT2D eigenvalue weighted by atomic mass is 32.2. The van der Waals surface area contributed by atoms with Crippen molar-refractivity contribution < 1.29 is 18.0 Å². The Balaban J connectivity index is 1.38. The van der Waals surface area contributed by atoms with Crippen LogP contribution in [0.3, 0.4) is 0 Å². The third kappa shape index (κ3) is 5.64. The summed E-state index contributed by atoms with van der Waals surface area (Å²) in [5.74, 6) is -0.624. The van der Waals surface area contributed by atoms with Crippen molar-refractivity contribution in [2.45, 2.75) is 62.0 Å². The van der Waals surface area contributed by atoms with Crippen LogP contribution in [0.4, 0.5) is 5.69 Å². The van der Waals surface area contributed by atoms with Gasteiger partial charge in [-0.05, 0) is 73.5 Å². The molecule has 0 spiro atoms. The van der Waals surface area contributed by atoms with Gasteiger partial charge in [0.15, 0.2) is 0 Å². The number of carbonyl (C=O) groups excluding carboxylic acids is 2. The first kappa shape index (κ1) is 27.6. The summed E-state index contributed by atoms with van der Waals surface area (Å²) in [6, 6.07) is 16.5. The second-order valence-electron chi connectivity index (χ2n) is 10.5. The maximum atomic E-state index is 14.2. The molecule has 0 radical (unpaired) electrons. The summed E-state index contributed by atoms with van der Waals surface area (Å²) in [5, 5.41) is 13.4. The van der Waals surface area contributed by atoms with E-state index in [0.717, 1.165) is 38.5 Å². The number of nitrogens with one attached hydrogen (secondary N) is 1. The Kier molecular flexibility index (Phi) is 7.87. The normalized spacial score (nSPS) is 17.2. The highest BCUT2D eigenvalue weighted by molar-refractivity contribution is 7.89. The lowest BCUT2D eigenvalue weighted by Gasteiger charge is -2.31. The molecule has 1 N–H and O–H groups in total. The van der Waals surface area contributed by atoms with Gasteiger partial charge in [-0.3, -0.25) is 14.5 Å². The zero-order valence-corrected chi connectivity index (χ0v) is 24.2. The molecule has 10 nitrogen and oxygen atoms in total. The van der Waals surface area contributed by atoms with E-state index in [0.29, 0.717) is 34.7 Å². The Hall–Kier alpha value is -3.61. The van der Waals surface area contributed by atoms with Crippen molar-refractivity contribution in [2.75, 3.05) is 18.0 Å². The van der Waals surface area contributed by atoms with Crippen LogP contribution >= 0.6 is 11.3 Å². The van der Waals surface area contributed by atoms with Crippen LogP contribution in [0.15, 0.2) is 70.9 Å². The van der Waals surface area contributed by atoms with Gasteiger partial charge in [-0.15, -0.1) is 16.4 Å². The van der Waals surface area contributed by atoms with Gasteiger partial charge in [0.2, 0.25) is 21.8 Å².